The Labute approximate surface area is 198 Å². The van der Waals surface area contributed by atoms with Crippen molar-refractivity contribution in [2.75, 3.05) is 17.2 Å². The second-order valence-corrected chi connectivity index (χ2v) is 7.70. The van der Waals surface area contributed by atoms with Crippen LogP contribution < -0.4 is 10.6 Å². The molecule has 11 heteroatoms. The zero-order valence-corrected chi connectivity index (χ0v) is 18.5. The van der Waals surface area contributed by atoms with Gasteiger partial charge in [-0.05, 0) is 43.3 Å². The molecule has 2 aromatic heterocycles. The molecule has 0 saturated carbocycles. The summed E-state index contributed by atoms with van der Waals surface area (Å²) in [5.74, 6) is 0.728. The molecule has 4 aromatic rings. The topological polar surface area (TPSA) is 105 Å². The van der Waals surface area contributed by atoms with Crippen molar-refractivity contribution < 1.29 is 23.1 Å². The number of anilines is 2. The number of alkyl halides is 3. The van der Waals surface area contributed by atoms with Gasteiger partial charge in [0.15, 0.2) is 0 Å². The molecule has 2 heterocycles. The number of benzene rings is 2. The molecule has 8 nitrogen and oxygen atoms in total. The Hall–Kier alpha value is -4.25. The lowest BCUT2D eigenvalue weighted by Gasteiger charge is -2.12. The van der Waals surface area contributed by atoms with E-state index in [1.807, 2.05) is 0 Å². The number of carbonyl (C=O) groups excluding carboxylic acids is 1. The molecule has 1 amide bonds. The van der Waals surface area contributed by atoms with E-state index in [0.717, 1.165) is 12.1 Å². The number of hydrogen-bond donors (Lipinski definition) is 3. The van der Waals surface area contributed by atoms with E-state index >= 15 is 0 Å². The van der Waals surface area contributed by atoms with Crippen LogP contribution >= 0.6 is 0 Å². The summed E-state index contributed by atoms with van der Waals surface area (Å²) in [4.78, 5) is 25.5. The maximum Gasteiger partial charge on any atom is 0.416 e. The number of nitrogens with zero attached hydrogens (tertiary/aromatic N) is 4. The Morgan fingerprint density at radius 2 is 1.89 bits per heavy atom. The number of aliphatic hydroxyl groups is 1. The SMILES string of the molecule is CC(O)CNc1nccc(-n2ccnc2-c2cccc(NC(=O)c3cccc(C(F)(F)F)c3)c2)n1. The molecular formula is C24H21F3N6O2. The molecule has 180 valence electrons. The second kappa shape index (κ2) is 9.94. The first-order chi connectivity index (χ1) is 16.7. The minimum absolute atomic E-state index is 0.107. The lowest BCUT2D eigenvalue weighted by molar-refractivity contribution is -0.137. The van der Waals surface area contributed by atoms with Crippen LogP contribution in [0.2, 0.25) is 0 Å². The number of imidazole rings is 1. The molecule has 4 rings (SSSR count). The molecule has 0 saturated heterocycles. The summed E-state index contributed by atoms with van der Waals surface area (Å²) in [5.41, 5.74) is 0.0356. The number of halogens is 3. The van der Waals surface area contributed by atoms with Crippen molar-refractivity contribution in [2.24, 2.45) is 0 Å². The van der Waals surface area contributed by atoms with Crippen molar-refractivity contribution in [3.8, 4) is 17.2 Å². The van der Waals surface area contributed by atoms with Gasteiger partial charge in [0.05, 0.1) is 11.7 Å². The number of carbonyl (C=O) groups is 1. The van der Waals surface area contributed by atoms with Gasteiger partial charge in [0.1, 0.15) is 11.6 Å². The number of aromatic nitrogens is 4. The maximum atomic E-state index is 13.0. The van der Waals surface area contributed by atoms with Crippen LogP contribution in [0.25, 0.3) is 17.2 Å². The van der Waals surface area contributed by atoms with Crippen molar-refractivity contribution in [1.82, 2.24) is 19.5 Å². The third-order valence-electron chi connectivity index (χ3n) is 4.91. The minimum Gasteiger partial charge on any atom is -0.392 e. The lowest BCUT2D eigenvalue weighted by Crippen LogP contribution is -2.17. The van der Waals surface area contributed by atoms with E-state index in [0.29, 0.717) is 28.8 Å². The van der Waals surface area contributed by atoms with E-state index in [2.05, 4.69) is 25.6 Å². The molecule has 0 spiro atoms. The molecule has 2 aromatic carbocycles. The van der Waals surface area contributed by atoms with Crippen LogP contribution in [0.1, 0.15) is 22.8 Å². The van der Waals surface area contributed by atoms with Gasteiger partial charge in [0.2, 0.25) is 5.95 Å². The Morgan fingerprint density at radius 1 is 1.09 bits per heavy atom. The molecule has 35 heavy (non-hydrogen) atoms. The van der Waals surface area contributed by atoms with Crippen LogP contribution in [-0.2, 0) is 6.18 Å². The zero-order valence-electron chi connectivity index (χ0n) is 18.5. The third kappa shape index (κ3) is 5.82. The first-order valence-corrected chi connectivity index (χ1v) is 10.6. The van der Waals surface area contributed by atoms with Crippen LogP contribution in [0.3, 0.4) is 0 Å². The first-order valence-electron chi connectivity index (χ1n) is 10.6. The summed E-state index contributed by atoms with van der Waals surface area (Å²) >= 11 is 0. The number of rotatable bonds is 7. The molecule has 0 radical (unpaired) electrons. The summed E-state index contributed by atoms with van der Waals surface area (Å²) in [6.07, 6.45) is -0.236. The Kier molecular flexibility index (Phi) is 6.78. The van der Waals surface area contributed by atoms with Crippen molar-refractivity contribution in [2.45, 2.75) is 19.2 Å². The van der Waals surface area contributed by atoms with Crippen LogP contribution in [0.15, 0.2) is 73.2 Å². The van der Waals surface area contributed by atoms with E-state index in [4.69, 9.17) is 0 Å². The molecule has 1 unspecified atom stereocenters. The monoisotopic (exact) mass is 482 g/mol. The van der Waals surface area contributed by atoms with E-state index < -0.39 is 23.8 Å². The fraction of sp³-hybridized carbons (Fsp3) is 0.167. The van der Waals surface area contributed by atoms with Crippen LogP contribution in [0.4, 0.5) is 24.8 Å². The fourth-order valence-electron chi connectivity index (χ4n) is 3.29. The number of aliphatic hydroxyl groups excluding tert-OH is 1. The smallest absolute Gasteiger partial charge is 0.392 e. The number of hydrogen-bond acceptors (Lipinski definition) is 6. The van der Waals surface area contributed by atoms with Gasteiger partial charge in [-0.25, -0.2) is 9.97 Å². The molecule has 0 fully saturated rings. The average Bonchev–Trinajstić information content (AvgIpc) is 3.33. The van der Waals surface area contributed by atoms with Gasteiger partial charge in [-0.15, -0.1) is 0 Å². The van der Waals surface area contributed by atoms with Crippen LogP contribution in [-0.4, -0.2) is 43.2 Å². The van der Waals surface area contributed by atoms with Crippen molar-refractivity contribution in [3.63, 3.8) is 0 Å². The van der Waals surface area contributed by atoms with Gasteiger partial charge in [-0.1, -0.05) is 18.2 Å². The largest absolute Gasteiger partial charge is 0.416 e. The predicted octanol–water partition coefficient (Wildman–Crippen LogP) is 4.39. The Balaban J connectivity index is 1.57. The number of nitrogens with one attached hydrogen (secondary N) is 2. The quantitative estimate of drug-likeness (QED) is 0.361. The summed E-state index contributed by atoms with van der Waals surface area (Å²) in [7, 11) is 0. The Bertz CT molecular complexity index is 1340. The highest BCUT2D eigenvalue weighted by atomic mass is 19.4. The highest BCUT2D eigenvalue weighted by Gasteiger charge is 2.30. The second-order valence-electron chi connectivity index (χ2n) is 7.70. The summed E-state index contributed by atoms with van der Waals surface area (Å²) < 4.78 is 40.7. The number of amides is 1. The van der Waals surface area contributed by atoms with Gasteiger partial charge in [-0.3, -0.25) is 9.36 Å². The van der Waals surface area contributed by atoms with Gasteiger partial charge >= 0.3 is 6.18 Å². The third-order valence-corrected chi connectivity index (χ3v) is 4.91. The molecule has 3 N–H and O–H groups in total. The van der Waals surface area contributed by atoms with E-state index in [1.165, 1.54) is 12.1 Å². The standard InChI is InChI=1S/C24H21F3N6O2/c1-15(34)14-30-23-29-9-8-20(32-23)33-11-10-28-21(33)16-4-3-7-19(13-16)31-22(35)17-5-2-6-18(12-17)24(25,26)27/h2-13,15,34H,14H2,1H3,(H,31,35)(H,29,30,32). The minimum atomic E-state index is -4.54. The zero-order chi connectivity index (χ0) is 25.0. The summed E-state index contributed by atoms with van der Waals surface area (Å²) in [5, 5.41) is 15.0. The van der Waals surface area contributed by atoms with Crippen molar-refractivity contribution >= 4 is 17.5 Å². The average molecular weight is 482 g/mol. The summed E-state index contributed by atoms with van der Waals surface area (Å²) in [6.45, 7) is 1.93. The normalized spacial score (nSPS) is 12.3. The maximum absolute atomic E-state index is 13.0. The highest BCUT2D eigenvalue weighted by Crippen LogP contribution is 2.30. The van der Waals surface area contributed by atoms with E-state index in [9.17, 15) is 23.1 Å². The van der Waals surface area contributed by atoms with Crippen molar-refractivity contribution in [3.05, 3.63) is 84.3 Å². The van der Waals surface area contributed by atoms with E-state index in [1.54, 1.807) is 60.4 Å². The lowest BCUT2D eigenvalue weighted by atomic mass is 10.1. The van der Waals surface area contributed by atoms with Gasteiger partial charge < -0.3 is 15.7 Å². The molecule has 0 bridgehead atoms. The van der Waals surface area contributed by atoms with Gasteiger partial charge in [0.25, 0.3) is 5.91 Å². The first kappa shape index (κ1) is 23.9. The molecule has 1 atom stereocenters. The van der Waals surface area contributed by atoms with Crippen molar-refractivity contribution in [1.29, 1.82) is 0 Å². The predicted molar refractivity (Wildman–Crippen MR) is 124 cm³/mol. The molecular weight excluding hydrogens is 461 g/mol. The van der Waals surface area contributed by atoms with Gasteiger partial charge in [-0.2, -0.15) is 18.2 Å². The Morgan fingerprint density at radius 3 is 2.66 bits per heavy atom. The van der Waals surface area contributed by atoms with Crippen LogP contribution in [0.5, 0.6) is 0 Å². The van der Waals surface area contributed by atoms with Gasteiger partial charge in [0, 0.05) is 41.9 Å². The fourth-order valence-corrected chi connectivity index (χ4v) is 3.29. The molecule has 0 aliphatic rings. The molecule has 0 aliphatic heterocycles. The molecule has 0 aliphatic carbocycles. The van der Waals surface area contributed by atoms with E-state index in [-0.39, 0.29) is 12.1 Å². The summed E-state index contributed by atoms with van der Waals surface area (Å²) in [6, 6.07) is 12.7. The van der Waals surface area contributed by atoms with Crippen LogP contribution in [0, 0.1) is 0 Å². The highest BCUT2D eigenvalue weighted by molar-refractivity contribution is 6.04.